The summed E-state index contributed by atoms with van der Waals surface area (Å²) in [4.78, 5) is 21.8. The molecule has 1 aliphatic carbocycles. The number of carbonyl (C=O) groups excluding carboxylic acids is 1. The topological polar surface area (TPSA) is 116 Å². The van der Waals surface area contributed by atoms with Crippen molar-refractivity contribution in [2.24, 2.45) is 17.6 Å². The van der Waals surface area contributed by atoms with Gasteiger partial charge in [0, 0.05) is 24.0 Å². The Bertz CT molecular complexity index is 798. The third-order valence-electron chi connectivity index (χ3n) is 5.21. The van der Waals surface area contributed by atoms with Gasteiger partial charge in [0.1, 0.15) is 5.60 Å². The number of amides is 1. The van der Waals surface area contributed by atoms with Gasteiger partial charge in [-0.05, 0) is 32.3 Å². The number of allylic oxidation sites excluding steroid dienone is 2. The first-order valence-corrected chi connectivity index (χ1v) is 9.03. The molecular formula is C21H26N2O5. The van der Waals surface area contributed by atoms with Crippen LogP contribution in [0.2, 0.25) is 0 Å². The Labute approximate surface area is 164 Å². The van der Waals surface area contributed by atoms with Crippen molar-refractivity contribution in [1.82, 2.24) is 0 Å². The maximum absolute atomic E-state index is 11.5. The van der Waals surface area contributed by atoms with E-state index < -0.39 is 28.1 Å². The fourth-order valence-electron chi connectivity index (χ4n) is 3.84. The summed E-state index contributed by atoms with van der Waals surface area (Å²) in [5, 5.41) is 22.3. The van der Waals surface area contributed by atoms with Crippen molar-refractivity contribution in [2.75, 3.05) is 0 Å². The molecule has 3 unspecified atom stereocenters. The van der Waals surface area contributed by atoms with E-state index in [1.165, 1.54) is 12.1 Å². The van der Waals surface area contributed by atoms with Crippen LogP contribution in [0.3, 0.4) is 0 Å². The summed E-state index contributed by atoms with van der Waals surface area (Å²) in [6.07, 6.45) is 8.82. The molecular weight excluding hydrogens is 360 g/mol. The Balaban J connectivity index is 2.32. The second kappa shape index (κ2) is 8.39. The van der Waals surface area contributed by atoms with E-state index in [1.807, 2.05) is 12.2 Å². The SMILES string of the molecule is C=CC1C=CC=CC1(O)C(CCc1ccc([N+](=O)[O-])cc1)C(C)(C)OC(N)=O. The number of hydrogen-bond acceptors (Lipinski definition) is 5. The van der Waals surface area contributed by atoms with E-state index in [-0.39, 0.29) is 11.6 Å². The van der Waals surface area contributed by atoms with Crippen molar-refractivity contribution < 1.29 is 19.6 Å². The van der Waals surface area contributed by atoms with Crippen molar-refractivity contribution in [3.8, 4) is 0 Å². The summed E-state index contributed by atoms with van der Waals surface area (Å²) in [5.41, 5.74) is 3.76. The normalized spacial score (nSPS) is 22.5. The smallest absolute Gasteiger partial charge is 0.405 e. The fourth-order valence-corrected chi connectivity index (χ4v) is 3.84. The zero-order chi connectivity index (χ0) is 20.9. The van der Waals surface area contributed by atoms with E-state index in [0.29, 0.717) is 12.8 Å². The standard InChI is InChI=1S/C21H26N2O5/c1-4-16-7-5-6-14-21(16,25)18(20(2,3)28-19(22)24)13-10-15-8-11-17(12-9-15)23(26)27/h4-9,11-12,14,16,18,25H,1,10,13H2,2-3H3,(H2,22,24). The first-order chi connectivity index (χ1) is 13.1. The molecule has 0 heterocycles. The number of aliphatic hydroxyl groups is 1. The van der Waals surface area contributed by atoms with Crippen LogP contribution >= 0.6 is 0 Å². The van der Waals surface area contributed by atoms with E-state index in [0.717, 1.165) is 5.56 Å². The van der Waals surface area contributed by atoms with Gasteiger partial charge in [-0.2, -0.15) is 0 Å². The Morgan fingerprint density at radius 2 is 2.07 bits per heavy atom. The molecule has 150 valence electrons. The first kappa shape index (κ1) is 21.4. The Morgan fingerprint density at radius 1 is 1.43 bits per heavy atom. The maximum Gasteiger partial charge on any atom is 0.405 e. The van der Waals surface area contributed by atoms with E-state index in [4.69, 9.17) is 10.5 Å². The van der Waals surface area contributed by atoms with Crippen LogP contribution in [0.5, 0.6) is 0 Å². The second-order valence-electron chi connectivity index (χ2n) is 7.43. The van der Waals surface area contributed by atoms with Gasteiger partial charge in [-0.1, -0.05) is 42.5 Å². The van der Waals surface area contributed by atoms with Crippen LogP contribution in [0.1, 0.15) is 25.8 Å². The van der Waals surface area contributed by atoms with Crippen LogP contribution in [-0.4, -0.2) is 27.3 Å². The van der Waals surface area contributed by atoms with Crippen molar-refractivity contribution in [1.29, 1.82) is 0 Å². The van der Waals surface area contributed by atoms with Crippen LogP contribution in [0.4, 0.5) is 10.5 Å². The molecule has 0 spiro atoms. The summed E-state index contributed by atoms with van der Waals surface area (Å²) in [6.45, 7) is 7.23. The number of non-ortho nitro benzene ring substituents is 1. The number of nitrogens with zero attached hydrogens (tertiary/aromatic N) is 1. The number of hydrogen-bond donors (Lipinski definition) is 2. The third-order valence-corrected chi connectivity index (χ3v) is 5.21. The summed E-state index contributed by atoms with van der Waals surface area (Å²) in [5.74, 6) is -0.873. The number of nitrogens with two attached hydrogens (primary N) is 1. The zero-order valence-electron chi connectivity index (χ0n) is 16.1. The molecule has 1 aliphatic rings. The highest BCUT2D eigenvalue weighted by Gasteiger charge is 2.49. The number of carbonyl (C=O) groups is 1. The van der Waals surface area contributed by atoms with Crippen molar-refractivity contribution >= 4 is 11.8 Å². The molecule has 0 aliphatic heterocycles. The molecule has 0 saturated heterocycles. The molecule has 0 saturated carbocycles. The maximum atomic E-state index is 11.5. The number of nitro groups is 1. The molecule has 7 nitrogen and oxygen atoms in total. The number of ether oxygens (including phenoxy) is 1. The highest BCUT2D eigenvalue weighted by atomic mass is 16.6. The van der Waals surface area contributed by atoms with Gasteiger partial charge in [-0.25, -0.2) is 4.79 Å². The summed E-state index contributed by atoms with van der Waals surface area (Å²) in [6, 6.07) is 6.26. The lowest BCUT2D eigenvalue weighted by molar-refractivity contribution is -0.384. The van der Waals surface area contributed by atoms with Crippen LogP contribution in [0.15, 0.2) is 61.2 Å². The zero-order valence-corrected chi connectivity index (χ0v) is 16.1. The minimum absolute atomic E-state index is 0.0170. The van der Waals surface area contributed by atoms with Crippen molar-refractivity contribution in [2.45, 2.75) is 37.9 Å². The highest BCUT2D eigenvalue weighted by molar-refractivity contribution is 5.65. The molecule has 3 N–H and O–H groups in total. The number of primary amides is 1. The molecule has 0 bridgehead atoms. The van der Waals surface area contributed by atoms with Gasteiger partial charge in [-0.15, -0.1) is 6.58 Å². The average molecular weight is 386 g/mol. The molecule has 1 aromatic rings. The lowest BCUT2D eigenvalue weighted by Crippen LogP contribution is -2.54. The largest absolute Gasteiger partial charge is 0.443 e. The van der Waals surface area contributed by atoms with E-state index in [2.05, 4.69) is 6.58 Å². The molecule has 28 heavy (non-hydrogen) atoms. The van der Waals surface area contributed by atoms with Gasteiger partial charge in [0.2, 0.25) is 0 Å². The fraction of sp³-hybridized carbons (Fsp3) is 0.381. The number of benzene rings is 1. The molecule has 1 aromatic carbocycles. The lowest BCUT2D eigenvalue weighted by atomic mass is 9.66. The van der Waals surface area contributed by atoms with Crippen LogP contribution < -0.4 is 5.73 Å². The third kappa shape index (κ3) is 4.67. The van der Waals surface area contributed by atoms with Gasteiger partial charge in [0.05, 0.1) is 10.5 Å². The Hall–Kier alpha value is -2.93. The van der Waals surface area contributed by atoms with Crippen LogP contribution in [0.25, 0.3) is 0 Å². The van der Waals surface area contributed by atoms with E-state index in [9.17, 15) is 20.0 Å². The highest BCUT2D eigenvalue weighted by Crippen LogP contribution is 2.42. The number of rotatable bonds is 8. The molecule has 7 heteroatoms. The minimum atomic E-state index is -1.32. The summed E-state index contributed by atoms with van der Waals surface area (Å²) >= 11 is 0. The summed E-state index contributed by atoms with van der Waals surface area (Å²) in [7, 11) is 0. The first-order valence-electron chi connectivity index (χ1n) is 9.03. The van der Waals surface area contributed by atoms with Crippen LogP contribution in [0, 0.1) is 22.0 Å². The van der Waals surface area contributed by atoms with Gasteiger partial charge >= 0.3 is 6.09 Å². The van der Waals surface area contributed by atoms with E-state index in [1.54, 1.807) is 44.2 Å². The van der Waals surface area contributed by atoms with Gasteiger partial charge in [0.25, 0.3) is 5.69 Å². The molecule has 0 radical (unpaired) electrons. The molecule has 1 amide bonds. The van der Waals surface area contributed by atoms with Gasteiger partial charge in [0.15, 0.2) is 0 Å². The van der Waals surface area contributed by atoms with E-state index >= 15 is 0 Å². The van der Waals surface area contributed by atoms with Crippen molar-refractivity contribution in [3.63, 3.8) is 0 Å². The Morgan fingerprint density at radius 3 is 2.61 bits per heavy atom. The molecule has 2 rings (SSSR count). The monoisotopic (exact) mass is 386 g/mol. The van der Waals surface area contributed by atoms with Crippen molar-refractivity contribution in [3.05, 3.63) is 76.9 Å². The average Bonchev–Trinajstić information content (AvgIpc) is 2.61. The molecule has 0 aromatic heterocycles. The number of nitro benzene ring substituents is 1. The van der Waals surface area contributed by atoms with Crippen LogP contribution in [-0.2, 0) is 11.2 Å². The predicted molar refractivity (Wildman–Crippen MR) is 107 cm³/mol. The Kier molecular flexibility index (Phi) is 6.41. The molecule has 3 atom stereocenters. The van der Waals surface area contributed by atoms with Gasteiger partial charge < -0.3 is 15.6 Å². The van der Waals surface area contributed by atoms with Gasteiger partial charge in [-0.3, -0.25) is 10.1 Å². The molecule has 0 fully saturated rings. The predicted octanol–water partition coefficient (Wildman–Crippen LogP) is 3.68. The second-order valence-corrected chi connectivity index (χ2v) is 7.43. The minimum Gasteiger partial charge on any atom is -0.443 e. The summed E-state index contributed by atoms with van der Waals surface area (Å²) < 4.78 is 5.35. The quantitative estimate of drug-likeness (QED) is 0.402. The lowest BCUT2D eigenvalue weighted by Gasteiger charge is -2.46. The number of aryl methyl sites for hydroxylation is 1.